The highest BCUT2D eigenvalue weighted by atomic mass is 16.3. The van der Waals surface area contributed by atoms with Crippen molar-refractivity contribution in [3.63, 3.8) is 0 Å². The van der Waals surface area contributed by atoms with E-state index in [-0.39, 0.29) is 12.0 Å². The molecule has 1 aromatic heterocycles. The van der Waals surface area contributed by atoms with E-state index in [0.29, 0.717) is 17.9 Å². The fraction of sp³-hybridized carbons (Fsp3) is 0.571. The lowest BCUT2D eigenvalue weighted by molar-refractivity contribution is 0.0943. The minimum absolute atomic E-state index is 0.0392. The molecule has 0 saturated heterocycles. The van der Waals surface area contributed by atoms with Gasteiger partial charge in [0.25, 0.3) is 0 Å². The van der Waals surface area contributed by atoms with Gasteiger partial charge in [0.15, 0.2) is 0 Å². The molecule has 0 bridgehead atoms. The third kappa shape index (κ3) is 2.80. The average molecular weight is 245 g/mol. The highest BCUT2D eigenvalue weighted by Gasteiger charge is 2.31. The van der Waals surface area contributed by atoms with E-state index >= 15 is 0 Å². The second kappa shape index (κ2) is 5.83. The van der Waals surface area contributed by atoms with Crippen molar-refractivity contribution in [3.05, 3.63) is 23.9 Å². The largest absolute Gasteiger partial charge is 0.396 e. The SMILES string of the molecule is N#Cc1cccnc1NCC1(CO)CCCCC1. The third-order valence-corrected chi connectivity index (χ3v) is 3.81. The van der Waals surface area contributed by atoms with Gasteiger partial charge in [-0.05, 0) is 25.0 Å². The molecule has 0 aliphatic heterocycles. The number of hydrogen-bond acceptors (Lipinski definition) is 4. The molecule has 1 fully saturated rings. The summed E-state index contributed by atoms with van der Waals surface area (Å²) in [5, 5.41) is 21.9. The fourth-order valence-corrected chi connectivity index (χ4v) is 2.60. The van der Waals surface area contributed by atoms with Gasteiger partial charge in [-0.15, -0.1) is 0 Å². The summed E-state index contributed by atoms with van der Waals surface area (Å²) in [6.07, 6.45) is 7.38. The molecule has 0 atom stereocenters. The van der Waals surface area contributed by atoms with Crippen LogP contribution in [0.1, 0.15) is 37.7 Å². The minimum atomic E-state index is -0.0392. The van der Waals surface area contributed by atoms with Crippen LogP contribution in [0.2, 0.25) is 0 Å². The number of aliphatic hydroxyl groups is 1. The standard InChI is InChI=1S/C14H19N3O/c15-9-12-5-4-8-16-13(12)17-10-14(11-18)6-2-1-3-7-14/h4-5,8,18H,1-3,6-7,10-11H2,(H,16,17). The van der Waals surface area contributed by atoms with Crippen LogP contribution in [0.5, 0.6) is 0 Å². The van der Waals surface area contributed by atoms with Gasteiger partial charge in [0.2, 0.25) is 0 Å². The molecule has 0 spiro atoms. The number of aromatic nitrogens is 1. The summed E-state index contributed by atoms with van der Waals surface area (Å²) in [6, 6.07) is 5.63. The van der Waals surface area contributed by atoms with Crippen LogP contribution in [0.3, 0.4) is 0 Å². The topological polar surface area (TPSA) is 68.9 Å². The molecule has 96 valence electrons. The first-order chi connectivity index (χ1) is 8.79. The first kappa shape index (κ1) is 12.8. The van der Waals surface area contributed by atoms with Crippen molar-refractivity contribution in [1.29, 1.82) is 5.26 Å². The van der Waals surface area contributed by atoms with E-state index in [0.717, 1.165) is 12.8 Å². The quantitative estimate of drug-likeness (QED) is 0.854. The maximum atomic E-state index is 9.62. The van der Waals surface area contributed by atoms with Gasteiger partial charge in [0.1, 0.15) is 11.9 Å². The lowest BCUT2D eigenvalue weighted by Crippen LogP contribution is -2.35. The Hall–Kier alpha value is -1.60. The lowest BCUT2D eigenvalue weighted by atomic mass is 9.74. The van der Waals surface area contributed by atoms with Crippen LogP contribution in [-0.4, -0.2) is 23.2 Å². The molecule has 0 unspecified atom stereocenters. The van der Waals surface area contributed by atoms with Crippen LogP contribution in [-0.2, 0) is 0 Å². The van der Waals surface area contributed by atoms with Gasteiger partial charge in [-0.3, -0.25) is 0 Å². The molecule has 4 heteroatoms. The lowest BCUT2D eigenvalue weighted by Gasteiger charge is -2.35. The Bertz CT molecular complexity index is 433. The summed E-state index contributed by atoms with van der Waals surface area (Å²) in [4.78, 5) is 4.18. The summed E-state index contributed by atoms with van der Waals surface area (Å²) >= 11 is 0. The molecule has 0 aromatic carbocycles. The minimum Gasteiger partial charge on any atom is -0.396 e. The van der Waals surface area contributed by atoms with Crippen LogP contribution in [0.4, 0.5) is 5.82 Å². The zero-order valence-corrected chi connectivity index (χ0v) is 10.5. The van der Waals surface area contributed by atoms with Crippen LogP contribution in [0, 0.1) is 16.7 Å². The van der Waals surface area contributed by atoms with E-state index in [1.54, 1.807) is 18.3 Å². The molecule has 2 N–H and O–H groups in total. The molecular formula is C14H19N3O. The van der Waals surface area contributed by atoms with Gasteiger partial charge in [-0.2, -0.15) is 5.26 Å². The Morgan fingerprint density at radius 3 is 2.83 bits per heavy atom. The van der Waals surface area contributed by atoms with E-state index in [1.165, 1.54) is 19.3 Å². The smallest absolute Gasteiger partial charge is 0.143 e. The van der Waals surface area contributed by atoms with Crippen LogP contribution in [0.25, 0.3) is 0 Å². The molecule has 1 aliphatic carbocycles. The van der Waals surface area contributed by atoms with Crippen molar-refractivity contribution in [1.82, 2.24) is 4.98 Å². The Labute approximate surface area is 108 Å². The van der Waals surface area contributed by atoms with Crippen LogP contribution in [0.15, 0.2) is 18.3 Å². The zero-order chi connectivity index (χ0) is 12.8. The highest BCUT2D eigenvalue weighted by Crippen LogP contribution is 2.36. The number of nitrogens with zero attached hydrogens (tertiary/aromatic N) is 2. The van der Waals surface area contributed by atoms with Gasteiger partial charge in [-0.25, -0.2) is 4.98 Å². The number of rotatable bonds is 4. The fourth-order valence-electron chi connectivity index (χ4n) is 2.60. The summed E-state index contributed by atoms with van der Waals surface area (Å²) in [6.45, 7) is 0.893. The highest BCUT2D eigenvalue weighted by molar-refractivity contribution is 5.51. The van der Waals surface area contributed by atoms with Gasteiger partial charge >= 0.3 is 0 Å². The molecule has 1 saturated carbocycles. The summed E-state index contributed by atoms with van der Waals surface area (Å²) < 4.78 is 0. The van der Waals surface area contributed by atoms with Gasteiger partial charge in [0, 0.05) is 18.2 Å². The number of pyridine rings is 1. The molecule has 1 aromatic rings. The summed E-state index contributed by atoms with van der Waals surface area (Å²) in [5.74, 6) is 0.624. The van der Waals surface area contributed by atoms with E-state index in [4.69, 9.17) is 5.26 Å². The Morgan fingerprint density at radius 2 is 2.17 bits per heavy atom. The van der Waals surface area contributed by atoms with Crippen LogP contribution < -0.4 is 5.32 Å². The molecular weight excluding hydrogens is 226 g/mol. The van der Waals surface area contributed by atoms with Crippen molar-refractivity contribution in [3.8, 4) is 6.07 Å². The second-order valence-corrected chi connectivity index (χ2v) is 5.08. The number of aliphatic hydroxyl groups excluding tert-OH is 1. The monoisotopic (exact) mass is 245 g/mol. The van der Waals surface area contributed by atoms with Crippen molar-refractivity contribution in [2.75, 3.05) is 18.5 Å². The van der Waals surface area contributed by atoms with Crippen molar-refractivity contribution >= 4 is 5.82 Å². The van der Waals surface area contributed by atoms with Crippen molar-refractivity contribution in [2.45, 2.75) is 32.1 Å². The van der Waals surface area contributed by atoms with E-state index < -0.39 is 0 Å². The number of hydrogen-bond donors (Lipinski definition) is 2. The number of anilines is 1. The van der Waals surface area contributed by atoms with Crippen molar-refractivity contribution < 1.29 is 5.11 Å². The predicted molar refractivity (Wildman–Crippen MR) is 70.0 cm³/mol. The Morgan fingerprint density at radius 1 is 1.39 bits per heavy atom. The maximum Gasteiger partial charge on any atom is 0.143 e. The van der Waals surface area contributed by atoms with Crippen LogP contribution >= 0.6 is 0 Å². The molecule has 1 heterocycles. The maximum absolute atomic E-state index is 9.62. The van der Waals surface area contributed by atoms with Gasteiger partial charge in [0.05, 0.1) is 12.2 Å². The van der Waals surface area contributed by atoms with E-state index in [9.17, 15) is 5.11 Å². The number of nitrogens with one attached hydrogen (secondary N) is 1. The van der Waals surface area contributed by atoms with Gasteiger partial charge < -0.3 is 10.4 Å². The first-order valence-corrected chi connectivity index (χ1v) is 6.49. The van der Waals surface area contributed by atoms with E-state index in [2.05, 4.69) is 16.4 Å². The molecule has 2 rings (SSSR count). The molecule has 4 nitrogen and oxygen atoms in total. The Balaban J connectivity index is 2.03. The average Bonchev–Trinajstić information content (AvgIpc) is 2.46. The predicted octanol–water partition coefficient (Wildman–Crippen LogP) is 2.31. The number of nitriles is 1. The van der Waals surface area contributed by atoms with Crippen molar-refractivity contribution in [2.24, 2.45) is 5.41 Å². The first-order valence-electron chi connectivity index (χ1n) is 6.49. The third-order valence-electron chi connectivity index (χ3n) is 3.81. The molecule has 1 aliphatic rings. The molecule has 18 heavy (non-hydrogen) atoms. The summed E-state index contributed by atoms with van der Waals surface area (Å²) in [7, 11) is 0. The van der Waals surface area contributed by atoms with Gasteiger partial charge in [-0.1, -0.05) is 19.3 Å². The second-order valence-electron chi connectivity index (χ2n) is 5.08. The zero-order valence-electron chi connectivity index (χ0n) is 10.5. The summed E-state index contributed by atoms with van der Waals surface area (Å²) in [5.41, 5.74) is 0.518. The normalized spacial score (nSPS) is 18.0. The molecule has 0 amide bonds. The van der Waals surface area contributed by atoms with E-state index in [1.807, 2.05) is 0 Å². The molecule has 0 radical (unpaired) electrons. The Kier molecular flexibility index (Phi) is 4.16.